The molecule has 0 N–H and O–H groups in total. The van der Waals surface area contributed by atoms with Crippen molar-refractivity contribution in [3.8, 4) is 6.07 Å². The molecule has 1 aliphatic rings. The third-order valence-electron chi connectivity index (χ3n) is 5.58. The molecule has 0 unspecified atom stereocenters. The highest BCUT2D eigenvalue weighted by atomic mass is 16.2. The van der Waals surface area contributed by atoms with Gasteiger partial charge in [-0.25, -0.2) is 0 Å². The third-order valence-corrected chi connectivity index (χ3v) is 5.58. The number of piperidine rings is 1. The second kappa shape index (κ2) is 8.83. The zero-order chi connectivity index (χ0) is 19.1. The van der Waals surface area contributed by atoms with Crippen molar-refractivity contribution >= 4 is 5.91 Å². The van der Waals surface area contributed by atoms with E-state index < -0.39 is 0 Å². The molecule has 0 radical (unpaired) electrons. The zero-order valence-electron chi connectivity index (χ0n) is 16.0. The largest absolute Gasteiger partial charge is 0.341 e. The predicted octanol–water partition coefficient (Wildman–Crippen LogP) is 3.59. The normalized spacial score (nSPS) is 16.4. The molecule has 4 heteroatoms. The van der Waals surface area contributed by atoms with E-state index >= 15 is 0 Å². The maximum Gasteiger partial charge on any atom is 0.223 e. The van der Waals surface area contributed by atoms with E-state index in [1.165, 1.54) is 0 Å². The van der Waals surface area contributed by atoms with Crippen molar-refractivity contribution in [2.45, 2.75) is 31.2 Å². The van der Waals surface area contributed by atoms with E-state index in [9.17, 15) is 10.1 Å². The Bertz CT molecular complexity index is 774. The number of benzene rings is 2. The first-order valence-corrected chi connectivity index (χ1v) is 9.60. The van der Waals surface area contributed by atoms with Crippen LogP contribution < -0.4 is 0 Å². The summed E-state index contributed by atoms with van der Waals surface area (Å²) in [7, 11) is 1.86. The van der Waals surface area contributed by atoms with E-state index in [2.05, 4.69) is 23.1 Å². The van der Waals surface area contributed by atoms with Gasteiger partial charge in [-0.05, 0) is 37.1 Å². The van der Waals surface area contributed by atoms with Crippen LogP contribution in [0, 0.1) is 11.3 Å². The van der Waals surface area contributed by atoms with E-state index in [0.717, 1.165) is 43.6 Å². The average Bonchev–Trinajstić information content (AvgIpc) is 2.73. The molecule has 27 heavy (non-hydrogen) atoms. The highest BCUT2D eigenvalue weighted by Crippen LogP contribution is 2.34. The minimum atomic E-state index is -0.383. The second-order valence-electron chi connectivity index (χ2n) is 7.39. The van der Waals surface area contributed by atoms with Gasteiger partial charge in [0.25, 0.3) is 0 Å². The first-order chi connectivity index (χ1) is 13.1. The van der Waals surface area contributed by atoms with Crippen molar-refractivity contribution in [2.75, 3.05) is 26.7 Å². The van der Waals surface area contributed by atoms with Gasteiger partial charge < -0.3 is 9.80 Å². The highest BCUT2D eigenvalue weighted by molar-refractivity contribution is 5.76. The van der Waals surface area contributed by atoms with Crippen LogP contribution in [0.1, 0.15) is 30.4 Å². The summed E-state index contributed by atoms with van der Waals surface area (Å²) < 4.78 is 0. The van der Waals surface area contributed by atoms with Crippen molar-refractivity contribution in [3.05, 3.63) is 71.8 Å². The summed E-state index contributed by atoms with van der Waals surface area (Å²) in [6.07, 6.45) is 2.16. The molecular weight excluding hydrogens is 334 g/mol. The van der Waals surface area contributed by atoms with Gasteiger partial charge in [0.1, 0.15) is 0 Å². The molecular formula is C23H27N3O. The molecule has 2 aromatic rings. The van der Waals surface area contributed by atoms with Crippen LogP contribution >= 0.6 is 0 Å². The van der Waals surface area contributed by atoms with Crippen molar-refractivity contribution in [3.63, 3.8) is 0 Å². The summed E-state index contributed by atoms with van der Waals surface area (Å²) in [5, 5.41) is 9.78. The Morgan fingerprint density at radius 2 is 1.67 bits per heavy atom. The maximum atomic E-state index is 12.4. The minimum Gasteiger partial charge on any atom is -0.341 e. The van der Waals surface area contributed by atoms with E-state index in [0.29, 0.717) is 13.0 Å². The first-order valence-electron chi connectivity index (χ1n) is 9.60. The Balaban J connectivity index is 1.48. The van der Waals surface area contributed by atoms with Crippen LogP contribution in [0.5, 0.6) is 0 Å². The van der Waals surface area contributed by atoms with E-state index in [4.69, 9.17) is 0 Å². The maximum absolute atomic E-state index is 12.4. The van der Waals surface area contributed by atoms with Crippen molar-refractivity contribution in [1.82, 2.24) is 9.80 Å². The van der Waals surface area contributed by atoms with E-state index in [1.54, 1.807) is 4.90 Å². The fourth-order valence-corrected chi connectivity index (χ4v) is 3.77. The molecule has 1 saturated heterocycles. The lowest BCUT2D eigenvalue weighted by Gasteiger charge is -2.37. The predicted molar refractivity (Wildman–Crippen MR) is 107 cm³/mol. The summed E-state index contributed by atoms with van der Waals surface area (Å²) >= 11 is 0. The van der Waals surface area contributed by atoms with Crippen LogP contribution in [-0.2, 0) is 16.8 Å². The number of nitriles is 1. The van der Waals surface area contributed by atoms with Gasteiger partial charge in [-0.15, -0.1) is 0 Å². The zero-order valence-corrected chi connectivity index (χ0v) is 16.0. The summed E-state index contributed by atoms with van der Waals surface area (Å²) in [6.45, 7) is 3.12. The van der Waals surface area contributed by atoms with Crippen molar-refractivity contribution in [2.24, 2.45) is 0 Å². The van der Waals surface area contributed by atoms with Gasteiger partial charge in [-0.2, -0.15) is 5.26 Å². The van der Waals surface area contributed by atoms with Crippen LogP contribution in [0.15, 0.2) is 60.7 Å². The second-order valence-corrected chi connectivity index (χ2v) is 7.39. The molecule has 140 valence electrons. The van der Waals surface area contributed by atoms with Crippen molar-refractivity contribution in [1.29, 1.82) is 5.26 Å². The number of amides is 1. The standard InChI is InChI=1S/C23H27N3O/c1-25(18-20-8-4-2-5-9-20)22(27)12-15-26-16-13-23(19-24,14-17-26)21-10-6-3-7-11-21/h2-11H,12-18H2,1H3. The molecule has 0 aromatic heterocycles. The van der Waals surface area contributed by atoms with Crippen LogP contribution in [0.2, 0.25) is 0 Å². The number of rotatable bonds is 6. The Morgan fingerprint density at radius 1 is 1.07 bits per heavy atom. The Labute approximate surface area is 162 Å². The summed E-state index contributed by atoms with van der Waals surface area (Å²) in [6, 6.07) is 22.7. The van der Waals surface area contributed by atoms with E-state index in [-0.39, 0.29) is 11.3 Å². The Kier molecular flexibility index (Phi) is 6.26. The molecule has 0 aliphatic carbocycles. The number of likely N-dealkylation sites (tertiary alicyclic amines) is 1. The molecule has 3 rings (SSSR count). The first kappa shape index (κ1) is 19.1. The molecule has 0 atom stereocenters. The van der Waals surface area contributed by atoms with E-state index in [1.807, 2.05) is 55.6 Å². The van der Waals surface area contributed by atoms with Crippen molar-refractivity contribution < 1.29 is 4.79 Å². The molecule has 4 nitrogen and oxygen atoms in total. The van der Waals surface area contributed by atoms with Gasteiger partial charge in [-0.1, -0.05) is 60.7 Å². The highest BCUT2D eigenvalue weighted by Gasteiger charge is 2.36. The smallest absolute Gasteiger partial charge is 0.223 e. The van der Waals surface area contributed by atoms with Gasteiger partial charge >= 0.3 is 0 Å². The fraction of sp³-hybridized carbons (Fsp3) is 0.391. The lowest BCUT2D eigenvalue weighted by molar-refractivity contribution is -0.130. The summed E-state index contributed by atoms with van der Waals surface area (Å²) in [4.78, 5) is 16.5. The van der Waals surface area contributed by atoms with Gasteiger partial charge in [0, 0.05) is 26.6 Å². The van der Waals surface area contributed by atoms with Gasteiger partial charge in [0.15, 0.2) is 0 Å². The molecule has 1 fully saturated rings. The molecule has 1 amide bonds. The third kappa shape index (κ3) is 4.75. The van der Waals surface area contributed by atoms with Gasteiger partial charge in [-0.3, -0.25) is 4.79 Å². The number of hydrogen-bond acceptors (Lipinski definition) is 3. The van der Waals surface area contributed by atoms with Crippen LogP contribution in [-0.4, -0.2) is 42.4 Å². The molecule has 0 saturated carbocycles. The number of nitrogens with zero attached hydrogens (tertiary/aromatic N) is 3. The molecule has 2 aromatic carbocycles. The minimum absolute atomic E-state index is 0.166. The number of carbonyl (C=O) groups excluding carboxylic acids is 1. The number of hydrogen-bond donors (Lipinski definition) is 0. The molecule has 1 heterocycles. The van der Waals surface area contributed by atoms with Crippen LogP contribution in [0.3, 0.4) is 0 Å². The number of carbonyl (C=O) groups is 1. The SMILES string of the molecule is CN(Cc1ccccc1)C(=O)CCN1CCC(C#N)(c2ccccc2)CC1. The summed E-state index contributed by atoms with van der Waals surface area (Å²) in [5.41, 5.74) is 1.88. The Hall–Kier alpha value is -2.64. The fourth-order valence-electron chi connectivity index (χ4n) is 3.77. The molecule has 0 spiro atoms. The average molecular weight is 361 g/mol. The quantitative estimate of drug-likeness (QED) is 0.790. The van der Waals surface area contributed by atoms with Gasteiger partial charge in [0.05, 0.1) is 11.5 Å². The molecule has 1 aliphatic heterocycles. The lowest BCUT2D eigenvalue weighted by Crippen LogP contribution is -2.43. The monoisotopic (exact) mass is 361 g/mol. The van der Waals surface area contributed by atoms with Crippen LogP contribution in [0.4, 0.5) is 0 Å². The Morgan fingerprint density at radius 3 is 2.26 bits per heavy atom. The van der Waals surface area contributed by atoms with Gasteiger partial charge in [0.2, 0.25) is 5.91 Å². The topological polar surface area (TPSA) is 47.3 Å². The van der Waals surface area contributed by atoms with Crippen LogP contribution in [0.25, 0.3) is 0 Å². The lowest BCUT2D eigenvalue weighted by atomic mass is 9.74. The molecule has 0 bridgehead atoms. The summed E-state index contributed by atoms with van der Waals surface area (Å²) in [5.74, 6) is 0.166.